The molecule has 0 unspecified atom stereocenters. The van der Waals surface area contributed by atoms with Crippen molar-refractivity contribution in [1.29, 1.82) is 5.26 Å². The van der Waals surface area contributed by atoms with Gasteiger partial charge in [0.05, 0.1) is 22.9 Å². The molecule has 19 heavy (non-hydrogen) atoms. The van der Waals surface area contributed by atoms with Gasteiger partial charge in [0, 0.05) is 6.20 Å². The van der Waals surface area contributed by atoms with Crippen LogP contribution in [0.1, 0.15) is 15.9 Å². The van der Waals surface area contributed by atoms with Gasteiger partial charge in [0.25, 0.3) is 5.91 Å². The van der Waals surface area contributed by atoms with Gasteiger partial charge in [-0.15, -0.1) is 0 Å². The summed E-state index contributed by atoms with van der Waals surface area (Å²) in [7, 11) is 0. The normalized spacial score (nSPS) is 9.68. The maximum absolute atomic E-state index is 13.6. The Morgan fingerprint density at radius 1 is 1.42 bits per heavy atom. The molecule has 2 rings (SSSR count). The quantitative estimate of drug-likeness (QED) is 0.858. The molecule has 0 aliphatic carbocycles. The Bertz CT molecular complexity index is 679. The van der Waals surface area contributed by atoms with Crippen LogP contribution in [0.5, 0.6) is 0 Å². The van der Waals surface area contributed by atoms with Crippen molar-refractivity contribution in [1.82, 2.24) is 4.98 Å². The first-order valence-electron chi connectivity index (χ1n) is 5.33. The number of hydrogen-bond acceptors (Lipinski definition) is 4. The van der Waals surface area contributed by atoms with Crippen molar-refractivity contribution in [3.8, 4) is 6.07 Å². The highest BCUT2D eigenvalue weighted by atomic mass is 19.1. The molecule has 0 radical (unpaired) electrons. The maximum Gasteiger partial charge on any atom is 0.259 e. The number of benzene rings is 1. The molecule has 0 aliphatic rings. The number of carbonyl (C=O) groups excluding carboxylic acids is 1. The minimum Gasteiger partial charge on any atom is -0.383 e. The number of carbonyl (C=O) groups is 1. The zero-order chi connectivity index (χ0) is 13.8. The molecule has 1 aromatic carbocycles. The summed E-state index contributed by atoms with van der Waals surface area (Å²) in [5, 5.41) is 11.0. The Kier molecular flexibility index (Phi) is 3.39. The van der Waals surface area contributed by atoms with Crippen molar-refractivity contribution in [2.24, 2.45) is 0 Å². The Morgan fingerprint density at radius 2 is 2.21 bits per heavy atom. The maximum atomic E-state index is 13.6. The molecular formula is C13H9FN4O. The standard InChI is InChI=1S/C13H9FN4O/c14-10-6-8(7-15)3-4-11(10)18-13(19)9-2-1-5-17-12(9)16/h1-6H,(H2,16,17)(H,18,19). The fraction of sp³-hybridized carbons (Fsp3) is 0. The monoisotopic (exact) mass is 256 g/mol. The number of nitriles is 1. The van der Waals surface area contributed by atoms with Crippen molar-refractivity contribution in [2.45, 2.75) is 0 Å². The van der Waals surface area contributed by atoms with Crippen molar-refractivity contribution in [3.05, 3.63) is 53.5 Å². The molecule has 6 heteroatoms. The van der Waals surface area contributed by atoms with Gasteiger partial charge in [-0.2, -0.15) is 5.26 Å². The number of nitrogen functional groups attached to an aromatic ring is 1. The predicted octanol–water partition coefficient (Wildman–Crippen LogP) is 1.93. The molecule has 0 spiro atoms. The van der Waals surface area contributed by atoms with Gasteiger partial charge in [-0.3, -0.25) is 4.79 Å². The lowest BCUT2D eigenvalue weighted by Gasteiger charge is -2.07. The van der Waals surface area contributed by atoms with E-state index in [4.69, 9.17) is 11.0 Å². The van der Waals surface area contributed by atoms with Crippen LogP contribution in [-0.4, -0.2) is 10.9 Å². The zero-order valence-electron chi connectivity index (χ0n) is 9.72. The molecule has 0 bridgehead atoms. The zero-order valence-corrected chi connectivity index (χ0v) is 9.72. The number of aromatic nitrogens is 1. The predicted molar refractivity (Wildman–Crippen MR) is 67.7 cm³/mol. The van der Waals surface area contributed by atoms with Gasteiger partial charge in [-0.05, 0) is 30.3 Å². The van der Waals surface area contributed by atoms with Crippen molar-refractivity contribution in [3.63, 3.8) is 0 Å². The fourth-order valence-electron chi connectivity index (χ4n) is 1.49. The number of anilines is 2. The number of halogens is 1. The van der Waals surface area contributed by atoms with E-state index in [-0.39, 0.29) is 22.6 Å². The second-order valence-corrected chi connectivity index (χ2v) is 3.70. The van der Waals surface area contributed by atoms with Gasteiger partial charge >= 0.3 is 0 Å². The molecular weight excluding hydrogens is 247 g/mol. The smallest absolute Gasteiger partial charge is 0.259 e. The molecule has 0 aliphatic heterocycles. The minimum absolute atomic E-state index is 0.0211. The first kappa shape index (κ1) is 12.5. The molecule has 0 saturated heterocycles. The highest BCUT2D eigenvalue weighted by Gasteiger charge is 2.12. The third-order valence-corrected chi connectivity index (χ3v) is 2.43. The van der Waals surface area contributed by atoms with E-state index in [0.717, 1.165) is 6.07 Å². The fourth-order valence-corrected chi connectivity index (χ4v) is 1.49. The molecule has 0 atom stereocenters. The van der Waals surface area contributed by atoms with Crippen LogP contribution in [0.25, 0.3) is 0 Å². The lowest BCUT2D eigenvalue weighted by atomic mass is 10.2. The summed E-state index contributed by atoms with van der Waals surface area (Å²) < 4.78 is 13.6. The molecule has 2 aromatic rings. The highest BCUT2D eigenvalue weighted by Crippen LogP contribution is 2.17. The summed E-state index contributed by atoms with van der Waals surface area (Å²) >= 11 is 0. The topological polar surface area (TPSA) is 91.8 Å². The second kappa shape index (κ2) is 5.14. The molecule has 0 saturated carbocycles. The van der Waals surface area contributed by atoms with E-state index in [1.807, 2.05) is 0 Å². The molecule has 94 valence electrons. The molecule has 0 fully saturated rings. The first-order valence-corrected chi connectivity index (χ1v) is 5.33. The Balaban J connectivity index is 2.25. The number of hydrogen-bond donors (Lipinski definition) is 2. The van der Waals surface area contributed by atoms with Crippen LogP contribution in [0, 0.1) is 17.1 Å². The number of nitrogens with two attached hydrogens (primary N) is 1. The van der Waals surface area contributed by atoms with Crippen molar-refractivity contribution >= 4 is 17.4 Å². The summed E-state index contributed by atoms with van der Waals surface area (Å²) in [6.07, 6.45) is 1.45. The Hall–Kier alpha value is -2.94. The van der Waals surface area contributed by atoms with E-state index in [2.05, 4.69) is 10.3 Å². The third kappa shape index (κ3) is 2.66. The largest absolute Gasteiger partial charge is 0.383 e. The third-order valence-electron chi connectivity index (χ3n) is 2.43. The van der Waals surface area contributed by atoms with E-state index < -0.39 is 11.7 Å². The lowest BCUT2D eigenvalue weighted by Crippen LogP contribution is -2.15. The van der Waals surface area contributed by atoms with Gasteiger partial charge in [0.1, 0.15) is 11.6 Å². The first-order chi connectivity index (χ1) is 9.11. The molecule has 1 amide bonds. The molecule has 1 heterocycles. The summed E-state index contributed by atoms with van der Waals surface area (Å²) in [5.41, 5.74) is 5.86. The minimum atomic E-state index is -0.685. The lowest BCUT2D eigenvalue weighted by molar-refractivity contribution is 0.102. The van der Waals surface area contributed by atoms with Crippen molar-refractivity contribution < 1.29 is 9.18 Å². The van der Waals surface area contributed by atoms with Crippen LogP contribution in [0.3, 0.4) is 0 Å². The average molecular weight is 256 g/mol. The van der Waals surface area contributed by atoms with Gasteiger partial charge in [0.15, 0.2) is 0 Å². The molecule has 5 nitrogen and oxygen atoms in total. The van der Waals surface area contributed by atoms with Crippen LogP contribution in [0.2, 0.25) is 0 Å². The van der Waals surface area contributed by atoms with E-state index >= 15 is 0 Å². The van der Waals surface area contributed by atoms with Gasteiger partial charge in [-0.1, -0.05) is 0 Å². The second-order valence-electron chi connectivity index (χ2n) is 3.70. The van der Waals surface area contributed by atoms with Crippen LogP contribution in [0.15, 0.2) is 36.5 Å². The Labute approximate surface area is 108 Å². The van der Waals surface area contributed by atoms with Crippen LogP contribution in [0.4, 0.5) is 15.9 Å². The Morgan fingerprint density at radius 3 is 2.84 bits per heavy atom. The van der Waals surface area contributed by atoms with Crippen LogP contribution < -0.4 is 11.1 Å². The average Bonchev–Trinajstić information content (AvgIpc) is 2.41. The summed E-state index contributed by atoms with van der Waals surface area (Å²) in [5.74, 6) is -1.18. The highest BCUT2D eigenvalue weighted by molar-refractivity contribution is 6.07. The number of pyridine rings is 1. The van der Waals surface area contributed by atoms with Crippen LogP contribution >= 0.6 is 0 Å². The summed E-state index contributed by atoms with van der Waals surface area (Å²) in [4.78, 5) is 15.7. The van der Waals surface area contributed by atoms with E-state index in [1.54, 1.807) is 12.1 Å². The number of rotatable bonds is 2. The van der Waals surface area contributed by atoms with Crippen molar-refractivity contribution in [2.75, 3.05) is 11.1 Å². The summed E-state index contributed by atoms with van der Waals surface area (Å²) in [6.45, 7) is 0. The van der Waals surface area contributed by atoms with E-state index in [9.17, 15) is 9.18 Å². The number of amides is 1. The van der Waals surface area contributed by atoms with Gasteiger partial charge < -0.3 is 11.1 Å². The number of nitrogens with one attached hydrogen (secondary N) is 1. The van der Waals surface area contributed by atoms with E-state index in [0.29, 0.717) is 0 Å². The van der Waals surface area contributed by atoms with Crippen LogP contribution in [-0.2, 0) is 0 Å². The number of nitrogens with zero attached hydrogens (tertiary/aromatic N) is 2. The molecule has 1 aromatic heterocycles. The van der Waals surface area contributed by atoms with Gasteiger partial charge in [0.2, 0.25) is 0 Å². The van der Waals surface area contributed by atoms with E-state index in [1.165, 1.54) is 24.4 Å². The summed E-state index contributed by atoms with van der Waals surface area (Å²) in [6, 6.07) is 8.62. The van der Waals surface area contributed by atoms with Gasteiger partial charge in [-0.25, -0.2) is 9.37 Å². The molecule has 3 N–H and O–H groups in total. The SMILES string of the molecule is N#Cc1ccc(NC(=O)c2cccnc2N)c(F)c1.